The average molecular weight is 330 g/mol. The van der Waals surface area contributed by atoms with Crippen molar-refractivity contribution in [3.63, 3.8) is 0 Å². The lowest BCUT2D eigenvalue weighted by atomic mass is 10.1. The maximum absolute atomic E-state index is 12.2. The number of nitrogens with one attached hydrogen (secondary N) is 1. The smallest absolute Gasteiger partial charge is 0.240 e. The lowest BCUT2D eigenvalue weighted by Crippen LogP contribution is -2.33. The Bertz CT molecular complexity index is 766. The molecule has 2 rings (SSSR count). The second kappa shape index (κ2) is 7.88. The predicted octanol–water partition coefficient (Wildman–Crippen LogP) is 1.63. The zero-order valence-electron chi connectivity index (χ0n) is 12.5. The Labute approximate surface area is 136 Å². The minimum atomic E-state index is -3.67. The van der Waals surface area contributed by atoms with E-state index in [0.717, 1.165) is 11.1 Å². The molecule has 5 nitrogen and oxygen atoms in total. The van der Waals surface area contributed by atoms with Crippen LogP contribution in [0.5, 0.6) is 0 Å². The van der Waals surface area contributed by atoms with Crippen molar-refractivity contribution < 1.29 is 13.5 Å². The van der Waals surface area contributed by atoms with Crippen molar-refractivity contribution in [3.8, 4) is 6.07 Å². The molecule has 0 bridgehead atoms. The summed E-state index contributed by atoms with van der Waals surface area (Å²) in [5.74, 6) is 0. The molecule has 23 heavy (non-hydrogen) atoms. The molecule has 2 aromatic rings. The summed E-state index contributed by atoms with van der Waals surface area (Å²) in [4.78, 5) is 0.117. The number of aliphatic hydroxyl groups excluding tert-OH is 1. The van der Waals surface area contributed by atoms with Gasteiger partial charge in [0.2, 0.25) is 10.0 Å². The summed E-state index contributed by atoms with van der Waals surface area (Å²) in [5, 5.41) is 18.6. The first-order valence-electron chi connectivity index (χ1n) is 7.19. The topological polar surface area (TPSA) is 90.2 Å². The van der Waals surface area contributed by atoms with Crippen LogP contribution in [-0.4, -0.2) is 26.2 Å². The van der Waals surface area contributed by atoms with Crippen LogP contribution < -0.4 is 4.72 Å². The van der Waals surface area contributed by atoms with Crippen molar-refractivity contribution in [2.24, 2.45) is 0 Å². The Kier molecular flexibility index (Phi) is 5.88. The maximum Gasteiger partial charge on any atom is 0.240 e. The van der Waals surface area contributed by atoms with Crippen LogP contribution in [0.2, 0.25) is 0 Å². The predicted molar refractivity (Wildman–Crippen MR) is 87.1 cm³/mol. The van der Waals surface area contributed by atoms with Gasteiger partial charge in [0.15, 0.2) is 0 Å². The van der Waals surface area contributed by atoms with E-state index in [4.69, 9.17) is 5.26 Å². The van der Waals surface area contributed by atoms with Crippen molar-refractivity contribution in [3.05, 3.63) is 65.7 Å². The third kappa shape index (κ3) is 5.18. The van der Waals surface area contributed by atoms with Crippen LogP contribution in [0.4, 0.5) is 0 Å². The molecule has 0 spiro atoms. The van der Waals surface area contributed by atoms with E-state index in [1.54, 1.807) is 12.1 Å². The highest BCUT2D eigenvalue weighted by Gasteiger charge is 2.16. The van der Waals surface area contributed by atoms with Crippen LogP contribution in [0.15, 0.2) is 59.5 Å². The second-order valence-electron chi connectivity index (χ2n) is 5.17. The molecule has 120 valence electrons. The van der Waals surface area contributed by atoms with Crippen molar-refractivity contribution in [1.29, 1.82) is 5.26 Å². The van der Waals surface area contributed by atoms with Crippen LogP contribution in [0.25, 0.3) is 0 Å². The summed E-state index contributed by atoms with van der Waals surface area (Å²) >= 11 is 0. The van der Waals surface area contributed by atoms with E-state index in [-0.39, 0.29) is 17.9 Å². The molecule has 0 saturated heterocycles. The highest BCUT2D eigenvalue weighted by atomic mass is 32.2. The maximum atomic E-state index is 12.2. The van der Waals surface area contributed by atoms with Crippen LogP contribution in [0, 0.1) is 11.3 Å². The Balaban J connectivity index is 1.94. The molecule has 0 aliphatic rings. The van der Waals surface area contributed by atoms with E-state index in [1.807, 2.05) is 36.4 Å². The lowest BCUT2D eigenvalue weighted by molar-refractivity contribution is 0.179. The largest absolute Gasteiger partial charge is 0.391 e. The SMILES string of the molecule is N#CCc1ccc(S(=O)(=O)NC[C@H](O)Cc2ccccc2)cc1. The standard InChI is InChI=1S/C17H18N2O3S/c18-11-10-14-6-8-17(9-7-14)23(21,22)19-13-16(20)12-15-4-2-1-3-5-15/h1-9,16,19-20H,10,12-13H2/t16-/m1/s1. The van der Waals surface area contributed by atoms with Crippen LogP contribution in [0.3, 0.4) is 0 Å². The molecule has 0 unspecified atom stereocenters. The van der Waals surface area contributed by atoms with Crippen molar-refractivity contribution >= 4 is 10.0 Å². The number of sulfonamides is 1. The highest BCUT2D eigenvalue weighted by Crippen LogP contribution is 2.11. The van der Waals surface area contributed by atoms with Gasteiger partial charge in [-0.15, -0.1) is 0 Å². The monoisotopic (exact) mass is 330 g/mol. The molecule has 1 atom stereocenters. The molecular weight excluding hydrogens is 312 g/mol. The van der Waals surface area contributed by atoms with Crippen LogP contribution >= 0.6 is 0 Å². The molecule has 0 amide bonds. The van der Waals surface area contributed by atoms with Gasteiger partial charge in [-0.25, -0.2) is 13.1 Å². The van der Waals surface area contributed by atoms with Gasteiger partial charge in [0.05, 0.1) is 23.5 Å². The molecule has 0 saturated carbocycles. The van der Waals surface area contributed by atoms with Gasteiger partial charge in [-0.1, -0.05) is 42.5 Å². The first-order valence-corrected chi connectivity index (χ1v) is 8.67. The summed E-state index contributed by atoms with van der Waals surface area (Å²) in [6, 6.07) is 17.5. The number of aliphatic hydroxyl groups is 1. The van der Waals surface area contributed by atoms with Gasteiger partial charge in [-0.3, -0.25) is 0 Å². The number of hydrogen-bond donors (Lipinski definition) is 2. The Hall–Kier alpha value is -2.20. The van der Waals surface area contributed by atoms with Crippen LogP contribution in [0.1, 0.15) is 11.1 Å². The molecule has 2 N–H and O–H groups in total. The number of benzene rings is 2. The fraction of sp³-hybridized carbons (Fsp3) is 0.235. The van der Waals surface area contributed by atoms with E-state index < -0.39 is 16.1 Å². The second-order valence-corrected chi connectivity index (χ2v) is 6.94. The van der Waals surface area contributed by atoms with Crippen molar-refractivity contribution in [2.75, 3.05) is 6.54 Å². The summed E-state index contributed by atoms with van der Waals surface area (Å²) in [6.07, 6.45) is -0.182. The molecule has 0 fully saturated rings. The van der Waals surface area contributed by atoms with Gasteiger partial charge in [-0.05, 0) is 29.7 Å². The number of hydrogen-bond acceptors (Lipinski definition) is 4. The summed E-state index contributed by atoms with van der Waals surface area (Å²) in [5.41, 5.74) is 1.70. The number of nitrogens with zero attached hydrogens (tertiary/aromatic N) is 1. The van der Waals surface area contributed by atoms with E-state index in [9.17, 15) is 13.5 Å². The molecule has 0 heterocycles. The van der Waals surface area contributed by atoms with Gasteiger partial charge in [0, 0.05) is 6.54 Å². The third-order valence-corrected chi connectivity index (χ3v) is 4.78. The molecule has 0 aromatic heterocycles. The summed E-state index contributed by atoms with van der Waals surface area (Å²) < 4.78 is 26.7. The summed E-state index contributed by atoms with van der Waals surface area (Å²) in [7, 11) is -3.67. The molecule has 0 aliphatic heterocycles. The van der Waals surface area contributed by atoms with E-state index in [0.29, 0.717) is 6.42 Å². The van der Waals surface area contributed by atoms with Crippen molar-refractivity contribution in [1.82, 2.24) is 4.72 Å². The lowest BCUT2D eigenvalue weighted by Gasteiger charge is -2.12. The molecule has 0 aliphatic carbocycles. The van der Waals surface area contributed by atoms with Gasteiger partial charge in [-0.2, -0.15) is 5.26 Å². The highest BCUT2D eigenvalue weighted by molar-refractivity contribution is 7.89. The minimum absolute atomic E-state index is 0.0584. The fourth-order valence-corrected chi connectivity index (χ4v) is 3.20. The Morgan fingerprint density at radius 1 is 1.04 bits per heavy atom. The van der Waals surface area contributed by atoms with Gasteiger partial charge in [0.25, 0.3) is 0 Å². The summed E-state index contributed by atoms with van der Waals surface area (Å²) in [6.45, 7) is -0.0584. The molecule has 2 aromatic carbocycles. The van der Waals surface area contributed by atoms with E-state index in [2.05, 4.69) is 4.72 Å². The van der Waals surface area contributed by atoms with E-state index in [1.165, 1.54) is 12.1 Å². The zero-order valence-corrected chi connectivity index (χ0v) is 13.3. The van der Waals surface area contributed by atoms with Crippen molar-refractivity contribution in [2.45, 2.75) is 23.8 Å². The molecule has 6 heteroatoms. The number of rotatable bonds is 7. The van der Waals surface area contributed by atoms with Crippen LogP contribution in [-0.2, 0) is 22.9 Å². The molecular formula is C17H18N2O3S. The first kappa shape index (κ1) is 17.2. The van der Waals surface area contributed by atoms with Gasteiger partial charge >= 0.3 is 0 Å². The fourth-order valence-electron chi connectivity index (χ4n) is 2.13. The minimum Gasteiger partial charge on any atom is -0.391 e. The first-order chi connectivity index (χ1) is 11.0. The zero-order chi connectivity index (χ0) is 16.7. The molecule has 0 radical (unpaired) electrons. The third-order valence-electron chi connectivity index (χ3n) is 3.34. The Morgan fingerprint density at radius 2 is 1.70 bits per heavy atom. The number of nitriles is 1. The van der Waals surface area contributed by atoms with E-state index >= 15 is 0 Å². The van der Waals surface area contributed by atoms with Gasteiger partial charge < -0.3 is 5.11 Å². The Morgan fingerprint density at radius 3 is 2.30 bits per heavy atom. The van der Waals surface area contributed by atoms with Gasteiger partial charge in [0.1, 0.15) is 0 Å². The normalized spacial score (nSPS) is 12.5. The quantitative estimate of drug-likeness (QED) is 0.807. The average Bonchev–Trinajstić information content (AvgIpc) is 2.55.